The fourth-order valence-corrected chi connectivity index (χ4v) is 3.18. The van der Waals surface area contributed by atoms with Crippen LogP contribution in [-0.2, 0) is 0 Å². The van der Waals surface area contributed by atoms with Crippen molar-refractivity contribution in [1.82, 2.24) is 14.8 Å². The van der Waals surface area contributed by atoms with Gasteiger partial charge < -0.3 is 4.90 Å². The van der Waals surface area contributed by atoms with Gasteiger partial charge in [-0.25, -0.2) is 5.10 Å². The normalized spacial score (nSPS) is 16.7. The van der Waals surface area contributed by atoms with Gasteiger partial charge in [-0.1, -0.05) is 26.7 Å². The number of hydrogen-bond donors (Lipinski definition) is 1. The van der Waals surface area contributed by atoms with Crippen LogP contribution in [0.3, 0.4) is 0 Å². The van der Waals surface area contributed by atoms with Crippen LogP contribution in [0.5, 0.6) is 0 Å². The molecule has 1 saturated carbocycles. The van der Waals surface area contributed by atoms with Crippen molar-refractivity contribution in [3.63, 3.8) is 0 Å². The molecule has 0 unspecified atom stereocenters. The van der Waals surface area contributed by atoms with Gasteiger partial charge in [-0.3, -0.25) is 4.57 Å². The van der Waals surface area contributed by atoms with E-state index in [2.05, 4.69) is 47.4 Å². The first kappa shape index (κ1) is 14.6. The third kappa shape index (κ3) is 3.19. The Morgan fingerprint density at radius 1 is 1.32 bits per heavy atom. The van der Waals surface area contributed by atoms with Gasteiger partial charge in [0.25, 0.3) is 0 Å². The zero-order valence-corrected chi connectivity index (χ0v) is 13.3. The van der Waals surface area contributed by atoms with Crippen molar-refractivity contribution in [3.8, 4) is 0 Å². The average Bonchev–Trinajstić information content (AvgIpc) is 2.94. The second kappa shape index (κ2) is 6.07. The Morgan fingerprint density at radius 3 is 2.47 bits per heavy atom. The van der Waals surface area contributed by atoms with Crippen LogP contribution >= 0.6 is 12.2 Å². The Balaban J connectivity index is 2.34. The fourth-order valence-electron chi connectivity index (χ4n) is 2.91. The lowest BCUT2D eigenvalue weighted by molar-refractivity contribution is 0.486. The zero-order chi connectivity index (χ0) is 14.0. The maximum absolute atomic E-state index is 5.45. The topological polar surface area (TPSA) is 36.9 Å². The summed E-state index contributed by atoms with van der Waals surface area (Å²) in [5.41, 5.74) is 0. The Kier molecular flexibility index (Phi) is 4.66. The minimum absolute atomic E-state index is 0.438. The maximum Gasteiger partial charge on any atom is 0.226 e. The summed E-state index contributed by atoms with van der Waals surface area (Å²) in [7, 11) is 0. The van der Waals surface area contributed by atoms with Crippen molar-refractivity contribution in [2.24, 2.45) is 5.92 Å². The minimum atomic E-state index is 0.438. The van der Waals surface area contributed by atoms with Crippen molar-refractivity contribution < 1.29 is 0 Å². The van der Waals surface area contributed by atoms with Crippen LogP contribution in [0, 0.1) is 10.7 Å². The highest BCUT2D eigenvalue weighted by Gasteiger charge is 2.25. The van der Waals surface area contributed by atoms with E-state index in [1.54, 1.807) is 0 Å². The van der Waals surface area contributed by atoms with Crippen LogP contribution in [0.25, 0.3) is 0 Å². The van der Waals surface area contributed by atoms with Crippen LogP contribution < -0.4 is 4.90 Å². The molecule has 0 bridgehead atoms. The van der Waals surface area contributed by atoms with Gasteiger partial charge in [0.05, 0.1) is 0 Å². The summed E-state index contributed by atoms with van der Waals surface area (Å²) in [6.07, 6.45) is 5.08. The summed E-state index contributed by atoms with van der Waals surface area (Å²) in [5.74, 6) is 1.64. The Hall–Kier alpha value is -0.840. The molecule has 0 amide bonds. The molecule has 1 aromatic rings. The van der Waals surface area contributed by atoms with Gasteiger partial charge in [0.2, 0.25) is 5.95 Å². The van der Waals surface area contributed by atoms with E-state index in [1.807, 2.05) is 0 Å². The Bertz CT molecular complexity index is 454. The Morgan fingerprint density at radius 2 is 1.95 bits per heavy atom. The molecule has 0 saturated heterocycles. The van der Waals surface area contributed by atoms with E-state index in [4.69, 9.17) is 12.2 Å². The van der Waals surface area contributed by atoms with Gasteiger partial charge in [-0.2, -0.15) is 0 Å². The van der Waals surface area contributed by atoms with Gasteiger partial charge >= 0.3 is 0 Å². The van der Waals surface area contributed by atoms with Gasteiger partial charge in [0.15, 0.2) is 4.77 Å². The van der Waals surface area contributed by atoms with Crippen LogP contribution in [-0.4, -0.2) is 27.4 Å². The minimum Gasteiger partial charge on any atom is -0.338 e. The number of rotatable bonds is 5. The van der Waals surface area contributed by atoms with Gasteiger partial charge in [-0.15, -0.1) is 5.10 Å². The van der Waals surface area contributed by atoms with E-state index in [0.717, 1.165) is 17.3 Å². The molecule has 1 heterocycles. The van der Waals surface area contributed by atoms with Crippen molar-refractivity contribution >= 4 is 18.2 Å². The summed E-state index contributed by atoms with van der Waals surface area (Å²) in [5, 5.41) is 7.50. The van der Waals surface area contributed by atoms with E-state index in [-0.39, 0.29) is 0 Å². The second-order valence-corrected chi connectivity index (χ2v) is 6.66. The molecule has 0 spiro atoms. The van der Waals surface area contributed by atoms with E-state index in [1.165, 1.54) is 25.7 Å². The third-order valence-corrected chi connectivity index (χ3v) is 4.11. The summed E-state index contributed by atoms with van der Waals surface area (Å²) in [6, 6.07) is 0.974. The van der Waals surface area contributed by atoms with Crippen molar-refractivity contribution in [2.75, 3.05) is 11.4 Å². The van der Waals surface area contributed by atoms with E-state index >= 15 is 0 Å². The highest BCUT2D eigenvalue weighted by molar-refractivity contribution is 7.71. The molecule has 0 aromatic carbocycles. The number of aromatic amines is 1. The van der Waals surface area contributed by atoms with Crippen molar-refractivity contribution in [3.05, 3.63) is 4.77 Å². The summed E-state index contributed by atoms with van der Waals surface area (Å²) in [6.45, 7) is 9.95. The SMILES string of the molecule is CC(C)CN(c1n[nH]c(=S)n1C1CCCC1)C(C)C. The fraction of sp³-hybridized carbons (Fsp3) is 0.857. The largest absolute Gasteiger partial charge is 0.338 e. The van der Waals surface area contributed by atoms with Gasteiger partial charge in [-0.05, 0) is 44.8 Å². The first-order valence-corrected chi connectivity index (χ1v) is 7.85. The average molecular weight is 282 g/mol. The summed E-state index contributed by atoms with van der Waals surface area (Å²) in [4.78, 5) is 2.37. The molecule has 0 aliphatic heterocycles. The van der Waals surface area contributed by atoms with Gasteiger partial charge in [0, 0.05) is 18.6 Å². The molecule has 5 heteroatoms. The van der Waals surface area contributed by atoms with Crippen molar-refractivity contribution in [1.29, 1.82) is 0 Å². The first-order valence-electron chi connectivity index (χ1n) is 7.44. The first-order chi connectivity index (χ1) is 9.00. The molecule has 1 aromatic heterocycles. The molecule has 0 atom stereocenters. The van der Waals surface area contributed by atoms with Crippen molar-refractivity contribution in [2.45, 2.75) is 65.5 Å². The van der Waals surface area contributed by atoms with E-state index in [0.29, 0.717) is 18.0 Å². The predicted octanol–water partition coefficient (Wildman–Crippen LogP) is 3.93. The number of anilines is 1. The van der Waals surface area contributed by atoms with Crippen LogP contribution in [0.2, 0.25) is 0 Å². The molecular weight excluding hydrogens is 256 g/mol. The second-order valence-electron chi connectivity index (χ2n) is 6.28. The summed E-state index contributed by atoms with van der Waals surface area (Å²) < 4.78 is 3.03. The van der Waals surface area contributed by atoms with Crippen LogP contribution in [0.4, 0.5) is 5.95 Å². The predicted molar refractivity (Wildman–Crippen MR) is 82.2 cm³/mol. The highest BCUT2D eigenvalue weighted by Crippen LogP contribution is 2.33. The number of nitrogens with one attached hydrogen (secondary N) is 1. The standard InChI is InChI=1S/C14H26N4S/c1-10(2)9-17(11(3)4)13-15-16-14(19)18(13)12-7-5-6-8-12/h10-12H,5-9H2,1-4H3,(H,16,19). The lowest BCUT2D eigenvalue weighted by atomic mass is 10.2. The molecule has 4 nitrogen and oxygen atoms in total. The Labute approximate surface area is 121 Å². The monoisotopic (exact) mass is 282 g/mol. The number of hydrogen-bond acceptors (Lipinski definition) is 3. The highest BCUT2D eigenvalue weighted by atomic mass is 32.1. The lowest BCUT2D eigenvalue weighted by Crippen LogP contribution is -2.36. The molecular formula is C14H26N4S. The molecule has 1 fully saturated rings. The third-order valence-electron chi connectivity index (χ3n) is 3.82. The molecule has 108 valence electrons. The molecule has 0 radical (unpaired) electrons. The number of aromatic nitrogens is 3. The quantitative estimate of drug-likeness (QED) is 0.831. The van der Waals surface area contributed by atoms with Crippen LogP contribution in [0.15, 0.2) is 0 Å². The van der Waals surface area contributed by atoms with E-state index < -0.39 is 0 Å². The molecule has 19 heavy (non-hydrogen) atoms. The smallest absolute Gasteiger partial charge is 0.226 e. The molecule has 2 rings (SSSR count). The zero-order valence-electron chi connectivity index (χ0n) is 12.5. The molecule has 1 aliphatic rings. The molecule has 1 N–H and O–H groups in total. The maximum atomic E-state index is 5.45. The number of nitrogens with zero attached hydrogens (tertiary/aromatic N) is 3. The van der Waals surface area contributed by atoms with Crippen LogP contribution in [0.1, 0.15) is 59.4 Å². The molecule has 1 aliphatic carbocycles. The van der Waals surface area contributed by atoms with Gasteiger partial charge in [0.1, 0.15) is 0 Å². The summed E-state index contributed by atoms with van der Waals surface area (Å²) >= 11 is 5.45. The van der Waals surface area contributed by atoms with E-state index in [9.17, 15) is 0 Å². The number of H-pyrrole nitrogens is 1. The lowest BCUT2D eigenvalue weighted by Gasteiger charge is -2.30.